The number of carbonyl (C=O) groups excluding carboxylic acids is 2. The molecule has 0 spiro atoms. The molecule has 164 valence electrons. The minimum atomic E-state index is -0.721. The van der Waals surface area contributed by atoms with E-state index < -0.39 is 6.04 Å². The molecule has 32 heavy (non-hydrogen) atoms. The minimum absolute atomic E-state index is 0.0343. The number of benzene rings is 2. The molecule has 4 rings (SSSR count). The molecule has 3 aromatic rings. The molecule has 1 fully saturated rings. The zero-order valence-electron chi connectivity index (χ0n) is 17.2. The molecule has 0 bridgehead atoms. The summed E-state index contributed by atoms with van der Waals surface area (Å²) in [5.41, 5.74) is 1.21. The van der Waals surface area contributed by atoms with Gasteiger partial charge in [-0.1, -0.05) is 23.7 Å². The topological polar surface area (TPSA) is 61.9 Å². The summed E-state index contributed by atoms with van der Waals surface area (Å²) in [5.74, 6) is 0.165. The number of thiophene rings is 1. The molecule has 1 saturated heterocycles. The van der Waals surface area contributed by atoms with Gasteiger partial charge in [0.2, 0.25) is 5.91 Å². The first-order chi connectivity index (χ1) is 15.5. The fraction of sp³-hybridized carbons (Fsp3) is 0.174. The number of methoxy groups -OCH3 is 1. The van der Waals surface area contributed by atoms with Crippen molar-refractivity contribution < 1.29 is 14.3 Å². The lowest BCUT2D eigenvalue weighted by molar-refractivity contribution is -0.124. The Morgan fingerprint density at radius 2 is 1.97 bits per heavy atom. The maximum Gasteiger partial charge on any atom is 0.256 e. The van der Waals surface area contributed by atoms with Crippen LogP contribution in [0.25, 0.3) is 0 Å². The number of amides is 2. The molecule has 2 aromatic carbocycles. The Morgan fingerprint density at radius 1 is 1.19 bits per heavy atom. The number of anilines is 2. The molecule has 2 amide bonds. The number of carbonyl (C=O) groups is 2. The average molecular weight is 486 g/mol. The van der Waals surface area contributed by atoms with E-state index in [1.165, 1.54) is 4.90 Å². The van der Waals surface area contributed by atoms with Gasteiger partial charge in [0.25, 0.3) is 5.91 Å². The van der Waals surface area contributed by atoms with Gasteiger partial charge >= 0.3 is 0 Å². The van der Waals surface area contributed by atoms with E-state index in [2.05, 4.69) is 5.32 Å². The highest BCUT2D eigenvalue weighted by atomic mass is 35.5. The normalized spacial score (nSPS) is 15.9. The van der Waals surface area contributed by atoms with Crippen LogP contribution in [0.2, 0.25) is 5.02 Å². The Morgan fingerprint density at radius 3 is 2.62 bits per heavy atom. The second-order valence-corrected chi connectivity index (χ2v) is 8.97. The second kappa shape index (κ2) is 9.68. The van der Waals surface area contributed by atoms with Gasteiger partial charge in [0.15, 0.2) is 5.11 Å². The fourth-order valence-electron chi connectivity index (χ4n) is 3.50. The van der Waals surface area contributed by atoms with Crippen molar-refractivity contribution in [2.24, 2.45) is 0 Å². The molecule has 0 saturated carbocycles. The number of halogens is 1. The molecule has 1 aliphatic rings. The molecule has 0 radical (unpaired) electrons. The van der Waals surface area contributed by atoms with E-state index in [-0.39, 0.29) is 18.2 Å². The molecule has 1 N–H and O–H groups in total. The van der Waals surface area contributed by atoms with Gasteiger partial charge in [-0.15, -0.1) is 11.3 Å². The molecular formula is C23H20ClN3O3S2. The minimum Gasteiger partial charge on any atom is -0.497 e. The van der Waals surface area contributed by atoms with E-state index in [4.69, 9.17) is 28.6 Å². The molecule has 9 heteroatoms. The molecule has 1 aromatic heterocycles. The number of nitrogens with zero attached hydrogens (tertiary/aromatic N) is 2. The van der Waals surface area contributed by atoms with E-state index in [1.54, 1.807) is 71.9 Å². The van der Waals surface area contributed by atoms with Crippen molar-refractivity contribution in [2.75, 3.05) is 17.3 Å². The van der Waals surface area contributed by atoms with Crippen LogP contribution >= 0.6 is 35.2 Å². The quantitative estimate of drug-likeness (QED) is 0.480. The van der Waals surface area contributed by atoms with Crippen molar-refractivity contribution in [3.8, 4) is 5.75 Å². The molecule has 1 atom stereocenters. The smallest absolute Gasteiger partial charge is 0.256 e. The Hall–Kier alpha value is -2.94. The zero-order valence-corrected chi connectivity index (χ0v) is 19.5. The first-order valence-electron chi connectivity index (χ1n) is 9.82. The third kappa shape index (κ3) is 4.77. The van der Waals surface area contributed by atoms with Gasteiger partial charge in [-0.3, -0.25) is 14.5 Å². The summed E-state index contributed by atoms with van der Waals surface area (Å²) in [5, 5.41) is 5.67. The zero-order chi connectivity index (χ0) is 22.7. The van der Waals surface area contributed by atoms with Crippen molar-refractivity contribution in [3.05, 3.63) is 75.9 Å². The van der Waals surface area contributed by atoms with Crippen LogP contribution in [-0.2, 0) is 16.1 Å². The molecular weight excluding hydrogens is 466 g/mol. The first-order valence-corrected chi connectivity index (χ1v) is 11.5. The van der Waals surface area contributed by atoms with E-state index in [9.17, 15) is 9.59 Å². The van der Waals surface area contributed by atoms with Crippen LogP contribution in [0.1, 0.15) is 11.3 Å². The second-order valence-electron chi connectivity index (χ2n) is 7.14. The first kappa shape index (κ1) is 22.3. The van der Waals surface area contributed by atoms with Crippen LogP contribution < -0.4 is 15.0 Å². The molecule has 0 unspecified atom stereocenters. The van der Waals surface area contributed by atoms with Crippen molar-refractivity contribution in [1.29, 1.82) is 0 Å². The Labute approximate surface area is 200 Å². The van der Waals surface area contributed by atoms with Gasteiger partial charge in [-0.2, -0.15) is 0 Å². The lowest BCUT2D eigenvalue weighted by Crippen LogP contribution is -2.37. The third-order valence-electron chi connectivity index (χ3n) is 5.04. The Kier molecular flexibility index (Phi) is 6.74. The highest BCUT2D eigenvalue weighted by Crippen LogP contribution is 2.31. The maximum atomic E-state index is 13.4. The highest BCUT2D eigenvalue weighted by Gasteiger charge is 2.44. The molecule has 1 aliphatic heterocycles. The summed E-state index contributed by atoms with van der Waals surface area (Å²) in [4.78, 5) is 30.5. The van der Waals surface area contributed by atoms with Crippen LogP contribution in [0, 0.1) is 0 Å². The van der Waals surface area contributed by atoms with Crippen molar-refractivity contribution in [1.82, 2.24) is 4.90 Å². The summed E-state index contributed by atoms with van der Waals surface area (Å²) in [6, 6.07) is 17.2. The fourth-order valence-corrected chi connectivity index (χ4v) is 4.77. The van der Waals surface area contributed by atoms with Gasteiger partial charge in [-0.05, 0) is 66.1 Å². The van der Waals surface area contributed by atoms with E-state index in [0.29, 0.717) is 33.8 Å². The number of hydrogen-bond donors (Lipinski definition) is 1. The highest BCUT2D eigenvalue weighted by molar-refractivity contribution is 7.80. The van der Waals surface area contributed by atoms with Crippen LogP contribution in [0.5, 0.6) is 5.75 Å². The van der Waals surface area contributed by atoms with Crippen LogP contribution in [0.3, 0.4) is 0 Å². The van der Waals surface area contributed by atoms with E-state index >= 15 is 0 Å². The van der Waals surface area contributed by atoms with Crippen molar-refractivity contribution in [3.63, 3.8) is 0 Å². The van der Waals surface area contributed by atoms with Gasteiger partial charge in [0.1, 0.15) is 11.8 Å². The Balaban J connectivity index is 1.57. The Bertz CT molecular complexity index is 1140. The average Bonchev–Trinajstić information content (AvgIpc) is 3.37. The van der Waals surface area contributed by atoms with Gasteiger partial charge in [0, 0.05) is 15.6 Å². The van der Waals surface area contributed by atoms with Crippen molar-refractivity contribution in [2.45, 2.75) is 19.0 Å². The number of nitrogens with one attached hydrogen (secondary N) is 1. The number of rotatable bonds is 7. The van der Waals surface area contributed by atoms with Crippen molar-refractivity contribution >= 4 is 63.5 Å². The summed E-state index contributed by atoms with van der Waals surface area (Å²) in [6.07, 6.45) is -0.0343. The molecule has 6 nitrogen and oxygen atoms in total. The predicted octanol–water partition coefficient (Wildman–Crippen LogP) is 4.94. The number of thiocarbonyl (C=S) groups is 1. The summed E-state index contributed by atoms with van der Waals surface area (Å²) in [7, 11) is 1.58. The standard InChI is InChI=1S/C23H20ClN3O3S2/c1-30-18-9-7-16(8-10-18)25-21(28)13-20-22(29)27(17-5-2-4-15(24)12-17)23(31)26(20)14-19-6-3-11-32-19/h2-12,20H,13-14H2,1H3,(H,25,28)/t20-/m0/s1. The maximum absolute atomic E-state index is 13.4. The number of hydrogen-bond acceptors (Lipinski definition) is 5. The van der Waals surface area contributed by atoms with Crippen LogP contribution in [0.15, 0.2) is 66.0 Å². The largest absolute Gasteiger partial charge is 0.497 e. The van der Waals surface area contributed by atoms with Gasteiger partial charge in [0.05, 0.1) is 25.8 Å². The summed E-state index contributed by atoms with van der Waals surface area (Å²) < 4.78 is 5.14. The summed E-state index contributed by atoms with van der Waals surface area (Å²) in [6.45, 7) is 0.444. The van der Waals surface area contributed by atoms with Gasteiger partial charge in [-0.25, -0.2) is 0 Å². The third-order valence-corrected chi connectivity index (χ3v) is 6.56. The van der Waals surface area contributed by atoms with E-state index in [1.807, 2.05) is 17.5 Å². The monoisotopic (exact) mass is 485 g/mol. The molecule has 2 heterocycles. The van der Waals surface area contributed by atoms with Crippen LogP contribution in [-0.4, -0.2) is 35.0 Å². The van der Waals surface area contributed by atoms with Gasteiger partial charge < -0.3 is 15.0 Å². The lowest BCUT2D eigenvalue weighted by atomic mass is 10.1. The predicted molar refractivity (Wildman–Crippen MR) is 131 cm³/mol. The number of ether oxygens (including phenoxy) is 1. The van der Waals surface area contributed by atoms with E-state index in [0.717, 1.165) is 4.88 Å². The lowest BCUT2D eigenvalue weighted by Gasteiger charge is -2.23. The summed E-state index contributed by atoms with van der Waals surface area (Å²) >= 11 is 13.4. The SMILES string of the molecule is COc1ccc(NC(=O)C[C@H]2C(=O)N(c3cccc(Cl)c3)C(=S)N2Cc2cccs2)cc1. The molecule has 0 aliphatic carbocycles. The van der Waals surface area contributed by atoms with Crippen LogP contribution in [0.4, 0.5) is 11.4 Å².